The number of ether oxygens (including phenoxy) is 1. The summed E-state index contributed by atoms with van der Waals surface area (Å²) in [5.41, 5.74) is 1.34. The number of thiophene rings is 1. The average molecular weight is 403 g/mol. The Bertz CT molecular complexity index is 771. The Kier molecular flexibility index (Phi) is 7.02. The molecule has 3 rings (SSSR count). The van der Waals surface area contributed by atoms with Gasteiger partial charge in [0.1, 0.15) is 6.10 Å². The summed E-state index contributed by atoms with van der Waals surface area (Å²) in [6.45, 7) is 1.14. The Hall–Kier alpha value is -2.42. The second-order valence-electron chi connectivity index (χ2n) is 6.90. The van der Waals surface area contributed by atoms with E-state index in [4.69, 9.17) is 4.74 Å². The van der Waals surface area contributed by atoms with Crippen LogP contribution in [0.15, 0.2) is 41.8 Å². The van der Waals surface area contributed by atoms with Crippen LogP contribution in [-0.4, -0.2) is 50.2 Å². The second-order valence-corrected chi connectivity index (χ2v) is 7.88. The van der Waals surface area contributed by atoms with Crippen LogP contribution in [-0.2, 0) is 9.53 Å². The molecule has 8 heteroatoms. The number of rotatable bonds is 7. The first kappa shape index (κ1) is 20.3. The molecule has 0 aliphatic carbocycles. The fourth-order valence-electron chi connectivity index (χ4n) is 3.03. The van der Waals surface area contributed by atoms with Gasteiger partial charge < -0.3 is 25.6 Å². The molecule has 28 heavy (non-hydrogen) atoms. The van der Waals surface area contributed by atoms with Crippen molar-refractivity contribution in [2.75, 3.05) is 37.9 Å². The van der Waals surface area contributed by atoms with Crippen molar-refractivity contribution in [2.45, 2.75) is 25.0 Å². The van der Waals surface area contributed by atoms with Crippen LogP contribution in [0.4, 0.5) is 16.2 Å². The van der Waals surface area contributed by atoms with Gasteiger partial charge in [-0.05, 0) is 62.6 Å². The van der Waals surface area contributed by atoms with Gasteiger partial charge in [-0.25, -0.2) is 4.79 Å². The van der Waals surface area contributed by atoms with Crippen molar-refractivity contribution in [3.63, 3.8) is 0 Å². The maximum absolute atomic E-state index is 12.2. The normalized spacial score (nSPS) is 17.3. The van der Waals surface area contributed by atoms with Gasteiger partial charge in [-0.2, -0.15) is 0 Å². The van der Waals surface area contributed by atoms with Crippen LogP contribution in [0.2, 0.25) is 0 Å². The number of likely N-dealkylation sites (N-methyl/N-ethyl adjacent to an activating group) is 1. The molecule has 2 aromatic rings. The number of nitrogens with zero attached hydrogens (tertiary/aromatic N) is 1. The summed E-state index contributed by atoms with van der Waals surface area (Å²) in [6, 6.07) is 11.0. The lowest BCUT2D eigenvalue weighted by Gasteiger charge is -2.23. The molecule has 7 nitrogen and oxygen atoms in total. The summed E-state index contributed by atoms with van der Waals surface area (Å²) >= 11 is 1.67. The molecule has 1 aliphatic heterocycles. The molecule has 0 radical (unpaired) electrons. The van der Waals surface area contributed by atoms with E-state index in [1.807, 2.05) is 25.5 Å². The standard InChI is InChI=1S/C20H26N4O3S/c1-24(2)16(18-6-4-12-28-18)13-21-20(26)23-15-9-7-14(8-10-15)22-19(25)17-5-3-11-27-17/h4,6-10,12,16-17H,3,5,11,13H2,1-2H3,(H,22,25)(H2,21,23,26)/t16-,17-/m0/s1. The van der Waals surface area contributed by atoms with Crippen molar-refractivity contribution in [2.24, 2.45) is 0 Å². The van der Waals surface area contributed by atoms with Gasteiger partial charge in [-0.15, -0.1) is 11.3 Å². The fourth-order valence-corrected chi connectivity index (χ4v) is 3.95. The number of carbonyl (C=O) groups is 2. The maximum atomic E-state index is 12.2. The molecule has 1 saturated heterocycles. The first-order valence-corrected chi connectivity index (χ1v) is 10.2. The zero-order valence-electron chi connectivity index (χ0n) is 16.1. The monoisotopic (exact) mass is 402 g/mol. The first-order valence-electron chi connectivity index (χ1n) is 9.30. The molecule has 3 amide bonds. The summed E-state index contributed by atoms with van der Waals surface area (Å²) in [5.74, 6) is -0.126. The molecule has 0 spiro atoms. The molecule has 1 aromatic carbocycles. The molecule has 1 fully saturated rings. The molecule has 3 N–H and O–H groups in total. The highest BCUT2D eigenvalue weighted by molar-refractivity contribution is 7.10. The Morgan fingerprint density at radius 2 is 1.89 bits per heavy atom. The molecular formula is C20H26N4O3S. The number of hydrogen-bond donors (Lipinski definition) is 3. The summed E-state index contributed by atoms with van der Waals surface area (Å²) in [4.78, 5) is 27.6. The van der Waals surface area contributed by atoms with Crippen molar-refractivity contribution in [3.05, 3.63) is 46.7 Å². The Balaban J connectivity index is 1.48. The third-order valence-electron chi connectivity index (χ3n) is 4.58. The highest BCUT2D eigenvalue weighted by Gasteiger charge is 2.23. The second kappa shape index (κ2) is 9.68. The predicted octanol–water partition coefficient (Wildman–Crippen LogP) is 3.29. The van der Waals surface area contributed by atoms with Gasteiger partial charge in [0.15, 0.2) is 0 Å². The molecule has 2 heterocycles. The lowest BCUT2D eigenvalue weighted by atomic mass is 10.2. The van der Waals surface area contributed by atoms with Gasteiger partial charge in [0.05, 0.1) is 6.04 Å². The topological polar surface area (TPSA) is 82.7 Å². The minimum atomic E-state index is -0.364. The van der Waals surface area contributed by atoms with E-state index >= 15 is 0 Å². The van der Waals surface area contributed by atoms with E-state index in [0.29, 0.717) is 24.5 Å². The zero-order chi connectivity index (χ0) is 19.9. The number of benzene rings is 1. The summed E-state index contributed by atoms with van der Waals surface area (Å²) < 4.78 is 5.37. The summed E-state index contributed by atoms with van der Waals surface area (Å²) in [7, 11) is 3.99. The van der Waals surface area contributed by atoms with E-state index in [9.17, 15) is 9.59 Å². The quantitative estimate of drug-likeness (QED) is 0.664. The molecule has 0 unspecified atom stereocenters. The molecule has 1 aliphatic rings. The van der Waals surface area contributed by atoms with E-state index < -0.39 is 0 Å². The molecule has 2 atom stereocenters. The van der Waals surface area contributed by atoms with Crippen molar-refractivity contribution in [1.29, 1.82) is 0 Å². The Morgan fingerprint density at radius 1 is 1.18 bits per heavy atom. The van der Waals surface area contributed by atoms with Crippen molar-refractivity contribution < 1.29 is 14.3 Å². The first-order chi connectivity index (χ1) is 13.5. The highest BCUT2D eigenvalue weighted by atomic mass is 32.1. The predicted molar refractivity (Wildman–Crippen MR) is 112 cm³/mol. The number of hydrogen-bond acceptors (Lipinski definition) is 5. The molecule has 1 aromatic heterocycles. The number of anilines is 2. The van der Waals surface area contributed by atoms with Crippen LogP contribution in [0, 0.1) is 0 Å². The number of urea groups is 1. The largest absolute Gasteiger partial charge is 0.368 e. The maximum Gasteiger partial charge on any atom is 0.319 e. The minimum absolute atomic E-state index is 0.126. The Morgan fingerprint density at radius 3 is 2.46 bits per heavy atom. The van der Waals surface area contributed by atoms with E-state index in [0.717, 1.165) is 12.8 Å². The average Bonchev–Trinajstić information content (AvgIpc) is 3.37. The Labute approximate surface area is 169 Å². The van der Waals surface area contributed by atoms with E-state index in [-0.39, 0.29) is 24.1 Å². The van der Waals surface area contributed by atoms with Crippen LogP contribution in [0.5, 0.6) is 0 Å². The molecule has 150 valence electrons. The van der Waals surface area contributed by atoms with Gasteiger partial charge in [0.25, 0.3) is 5.91 Å². The van der Waals surface area contributed by atoms with E-state index in [1.54, 1.807) is 35.6 Å². The SMILES string of the molecule is CN(C)[C@@H](CNC(=O)Nc1ccc(NC(=O)[C@@H]2CCCO2)cc1)c1cccs1. The van der Waals surface area contributed by atoms with Gasteiger partial charge >= 0.3 is 6.03 Å². The third-order valence-corrected chi connectivity index (χ3v) is 5.56. The van der Waals surface area contributed by atoms with Crippen LogP contribution in [0.25, 0.3) is 0 Å². The lowest BCUT2D eigenvalue weighted by Crippen LogP contribution is -2.36. The highest BCUT2D eigenvalue weighted by Crippen LogP contribution is 2.22. The minimum Gasteiger partial charge on any atom is -0.368 e. The van der Waals surface area contributed by atoms with Crippen molar-refractivity contribution >= 4 is 34.6 Å². The number of carbonyl (C=O) groups excluding carboxylic acids is 2. The third kappa shape index (κ3) is 5.54. The number of amides is 3. The van der Waals surface area contributed by atoms with Crippen LogP contribution in [0.3, 0.4) is 0 Å². The van der Waals surface area contributed by atoms with Crippen LogP contribution >= 0.6 is 11.3 Å². The van der Waals surface area contributed by atoms with Crippen molar-refractivity contribution in [3.8, 4) is 0 Å². The van der Waals surface area contributed by atoms with Crippen LogP contribution < -0.4 is 16.0 Å². The molecule has 0 saturated carbocycles. The summed E-state index contributed by atoms with van der Waals surface area (Å²) in [5, 5.41) is 10.6. The van der Waals surface area contributed by atoms with E-state index in [1.165, 1.54) is 4.88 Å². The lowest BCUT2D eigenvalue weighted by molar-refractivity contribution is -0.124. The van der Waals surface area contributed by atoms with Crippen molar-refractivity contribution in [1.82, 2.24) is 10.2 Å². The van der Waals surface area contributed by atoms with E-state index in [2.05, 4.69) is 26.9 Å². The van der Waals surface area contributed by atoms with Gasteiger partial charge in [-0.1, -0.05) is 6.07 Å². The smallest absolute Gasteiger partial charge is 0.319 e. The van der Waals surface area contributed by atoms with Crippen LogP contribution in [0.1, 0.15) is 23.8 Å². The molecular weight excluding hydrogens is 376 g/mol. The van der Waals surface area contributed by atoms with Gasteiger partial charge in [-0.3, -0.25) is 4.79 Å². The molecule has 0 bridgehead atoms. The van der Waals surface area contributed by atoms with Gasteiger partial charge in [0, 0.05) is 29.4 Å². The summed E-state index contributed by atoms with van der Waals surface area (Å²) in [6.07, 6.45) is 1.30. The van der Waals surface area contributed by atoms with Gasteiger partial charge in [0.2, 0.25) is 0 Å². The fraction of sp³-hybridized carbons (Fsp3) is 0.400. The zero-order valence-corrected chi connectivity index (χ0v) is 16.9. The number of nitrogens with one attached hydrogen (secondary N) is 3.